The molecule has 1 amide bonds. The van der Waals surface area contributed by atoms with Crippen LogP contribution < -0.4 is 0 Å². The van der Waals surface area contributed by atoms with Crippen molar-refractivity contribution in [1.82, 2.24) is 4.90 Å². The average molecular weight is 396 g/mol. The van der Waals surface area contributed by atoms with Crippen molar-refractivity contribution in [1.29, 1.82) is 0 Å². The molecule has 2 aromatic rings. The zero-order chi connectivity index (χ0) is 18.9. The Balaban J connectivity index is 1.93. The number of sulfone groups is 1. The number of benzene rings is 1. The number of hydrogen-bond donors (Lipinski definition) is 0. The molecule has 1 aliphatic carbocycles. The normalized spacial score (nSPS) is 16.6. The van der Waals surface area contributed by atoms with Crippen LogP contribution in [-0.2, 0) is 21.2 Å². The third-order valence-corrected chi connectivity index (χ3v) is 7.73. The van der Waals surface area contributed by atoms with E-state index in [-0.39, 0.29) is 17.3 Å². The fraction of sp³-hybridized carbons (Fsp3) is 0.421. The lowest BCUT2D eigenvalue weighted by molar-refractivity contribution is -0.133. The number of aryl methyl sites for hydroxylation is 1. The Bertz CT molecular complexity index is 896. The van der Waals surface area contributed by atoms with Crippen molar-refractivity contribution in [2.24, 2.45) is 0 Å². The molecule has 0 aliphatic heterocycles. The lowest BCUT2D eigenvalue weighted by Gasteiger charge is -2.31. The molecule has 1 aliphatic rings. The zero-order valence-corrected chi connectivity index (χ0v) is 16.4. The van der Waals surface area contributed by atoms with Gasteiger partial charge < -0.3 is 9.32 Å². The maximum atomic E-state index is 13.4. The van der Waals surface area contributed by atoms with Gasteiger partial charge in [-0.1, -0.05) is 24.4 Å². The van der Waals surface area contributed by atoms with Gasteiger partial charge in [0, 0.05) is 12.1 Å². The van der Waals surface area contributed by atoms with Crippen molar-refractivity contribution in [3.05, 3.63) is 52.9 Å². The summed E-state index contributed by atoms with van der Waals surface area (Å²) in [5.41, 5.74) is 0. The first-order valence-electron chi connectivity index (χ1n) is 8.57. The van der Waals surface area contributed by atoms with Gasteiger partial charge in [0.1, 0.15) is 11.5 Å². The molecular formula is C19H22ClNO4S. The van der Waals surface area contributed by atoms with Crippen molar-refractivity contribution < 1.29 is 17.6 Å². The molecule has 0 saturated heterocycles. The van der Waals surface area contributed by atoms with E-state index in [1.807, 2.05) is 13.0 Å². The topological polar surface area (TPSA) is 67.6 Å². The van der Waals surface area contributed by atoms with Crippen LogP contribution in [0.25, 0.3) is 0 Å². The van der Waals surface area contributed by atoms with E-state index in [0.717, 1.165) is 5.76 Å². The summed E-state index contributed by atoms with van der Waals surface area (Å²) < 4.78 is 30.8. The van der Waals surface area contributed by atoms with E-state index in [4.69, 9.17) is 16.0 Å². The van der Waals surface area contributed by atoms with Gasteiger partial charge in [-0.05, 0) is 56.2 Å². The lowest BCUT2D eigenvalue weighted by atomic mass is 10.1. The summed E-state index contributed by atoms with van der Waals surface area (Å²) in [6, 6.07) is 9.65. The van der Waals surface area contributed by atoms with Gasteiger partial charge >= 0.3 is 0 Å². The maximum absolute atomic E-state index is 13.4. The minimum Gasteiger partial charge on any atom is -0.464 e. The highest BCUT2D eigenvalue weighted by Gasteiger charge is 2.54. The molecule has 0 bridgehead atoms. The summed E-state index contributed by atoms with van der Waals surface area (Å²) in [4.78, 5) is 14.8. The predicted molar refractivity (Wildman–Crippen MR) is 99.8 cm³/mol. The average Bonchev–Trinajstić information content (AvgIpc) is 3.24. The molecule has 0 spiro atoms. The van der Waals surface area contributed by atoms with E-state index in [1.54, 1.807) is 13.1 Å². The molecule has 0 atom stereocenters. The molecule has 1 aromatic carbocycles. The van der Waals surface area contributed by atoms with Crippen LogP contribution in [0.4, 0.5) is 0 Å². The first kappa shape index (κ1) is 19.0. The van der Waals surface area contributed by atoms with Gasteiger partial charge in [0.25, 0.3) is 0 Å². The van der Waals surface area contributed by atoms with E-state index < -0.39 is 14.6 Å². The number of nitrogens with zero attached hydrogens (tertiary/aromatic N) is 1. The Labute approximate surface area is 158 Å². The number of rotatable bonds is 5. The summed E-state index contributed by atoms with van der Waals surface area (Å²) >= 11 is 5.88. The van der Waals surface area contributed by atoms with Crippen LogP contribution in [-0.4, -0.2) is 31.0 Å². The van der Waals surface area contributed by atoms with Gasteiger partial charge in [0.2, 0.25) is 5.91 Å². The molecule has 7 heteroatoms. The first-order chi connectivity index (χ1) is 12.3. The van der Waals surface area contributed by atoms with Gasteiger partial charge in [0.05, 0.1) is 11.4 Å². The fourth-order valence-electron chi connectivity index (χ4n) is 3.61. The Morgan fingerprint density at radius 2 is 1.77 bits per heavy atom. The third-order valence-electron chi connectivity index (χ3n) is 4.98. The van der Waals surface area contributed by atoms with Gasteiger partial charge in [0.15, 0.2) is 14.6 Å². The van der Waals surface area contributed by atoms with E-state index >= 15 is 0 Å². The molecule has 1 fully saturated rings. The summed E-state index contributed by atoms with van der Waals surface area (Å²) in [6.45, 7) is 2.07. The lowest BCUT2D eigenvalue weighted by Crippen LogP contribution is -2.50. The van der Waals surface area contributed by atoms with E-state index in [0.29, 0.717) is 36.5 Å². The molecule has 0 N–H and O–H groups in total. The van der Waals surface area contributed by atoms with Crippen LogP contribution >= 0.6 is 11.6 Å². The number of amides is 1. The summed E-state index contributed by atoms with van der Waals surface area (Å²) in [7, 11) is -2.21. The predicted octanol–water partition coefficient (Wildman–Crippen LogP) is 3.99. The van der Waals surface area contributed by atoms with Crippen molar-refractivity contribution in [3.8, 4) is 0 Å². The van der Waals surface area contributed by atoms with Crippen LogP contribution in [0.1, 0.15) is 37.2 Å². The minimum absolute atomic E-state index is 0.138. The van der Waals surface area contributed by atoms with Crippen LogP contribution in [0.2, 0.25) is 5.02 Å². The number of hydrogen-bond acceptors (Lipinski definition) is 4. The Morgan fingerprint density at radius 3 is 2.31 bits per heavy atom. The Hall–Kier alpha value is -1.79. The molecule has 1 saturated carbocycles. The first-order valence-corrected chi connectivity index (χ1v) is 10.4. The van der Waals surface area contributed by atoms with Crippen molar-refractivity contribution in [3.63, 3.8) is 0 Å². The standard InChI is InChI=1S/C19H22ClNO4S/c1-14-5-8-16(25-14)13-21(2)18(22)19(11-3-4-12-19)26(23,24)17-9-6-15(20)7-10-17/h5-10H,3-4,11-13H2,1-2H3. The third kappa shape index (κ3) is 3.28. The van der Waals surface area contributed by atoms with E-state index in [9.17, 15) is 13.2 Å². The molecule has 26 heavy (non-hydrogen) atoms. The van der Waals surface area contributed by atoms with Gasteiger partial charge in [-0.25, -0.2) is 8.42 Å². The number of furan rings is 1. The molecule has 0 radical (unpaired) electrons. The molecule has 1 aromatic heterocycles. The quantitative estimate of drug-likeness (QED) is 0.767. The highest BCUT2D eigenvalue weighted by molar-refractivity contribution is 7.93. The second-order valence-electron chi connectivity index (χ2n) is 6.83. The fourth-order valence-corrected chi connectivity index (χ4v) is 5.89. The van der Waals surface area contributed by atoms with E-state index in [2.05, 4.69) is 0 Å². The van der Waals surface area contributed by atoms with Crippen LogP contribution in [0, 0.1) is 6.92 Å². The van der Waals surface area contributed by atoms with Gasteiger partial charge in [-0.2, -0.15) is 0 Å². The Morgan fingerprint density at radius 1 is 1.15 bits per heavy atom. The molecule has 3 rings (SSSR count). The maximum Gasteiger partial charge on any atom is 0.244 e. The monoisotopic (exact) mass is 395 g/mol. The summed E-state index contributed by atoms with van der Waals surface area (Å²) in [6.07, 6.45) is 2.09. The Kier molecular flexibility index (Phi) is 5.17. The summed E-state index contributed by atoms with van der Waals surface area (Å²) in [5, 5.41) is 0.459. The molecule has 1 heterocycles. The smallest absolute Gasteiger partial charge is 0.244 e. The van der Waals surface area contributed by atoms with Crippen LogP contribution in [0.15, 0.2) is 45.7 Å². The SMILES string of the molecule is Cc1ccc(CN(C)C(=O)C2(S(=O)(=O)c3ccc(Cl)cc3)CCCC2)o1. The van der Waals surface area contributed by atoms with Crippen LogP contribution in [0.3, 0.4) is 0 Å². The van der Waals surface area contributed by atoms with E-state index in [1.165, 1.54) is 29.2 Å². The number of carbonyl (C=O) groups excluding carboxylic acids is 1. The van der Waals surface area contributed by atoms with Crippen LogP contribution in [0.5, 0.6) is 0 Å². The van der Waals surface area contributed by atoms with Crippen molar-refractivity contribution in [2.45, 2.75) is 48.8 Å². The molecule has 5 nitrogen and oxygen atoms in total. The highest BCUT2D eigenvalue weighted by Crippen LogP contribution is 2.42. The van der Waals surface area contributed by atoms with Crippen molar-refractivity contribution in [2.75, 3.05) is 7.05 Å². The zero-order valence-electron chi connectivity index (χ0n) is 14.9. The molecule has 140 valence electrons. The largest absolute Gasteiger partial charge is 0.464 e. The van der Waals surface area contributed by atoms with Crippen molar-refractivity contribution >= 4 is 27.3 Å². The second-order valence-corrected chi connectivity index (χ2v) is 9.53. The number of carbonyl (C=O) groups is 1. The number of halogens is 1. The van der Waals surface area contributed by atoms with Gasteiger partial charge in [-0.15, -0.1) is 0 Å². The highest BCUT2D eigenvalue weighted by atomic mass is 35.5. The molecule has 0 unspecified atom stereocenters. The summed E-state index contributed by atoms with van der Waals surface area (Å²) in [5.74, 6) is 1.01. The second kappa shape index (κ2) is 7.08. The minimum atomic E-state index is -3.83. The molecular weight excluding hydrogens is 374 g/mol. The van der Waals surface area contributed by atoms with Gasteiger partial charge in [-0.3, -0.25) is 4.79 Å².